The normalized spacial score (nSPS) is 16.1. The van der Waals surface area contributed by atoms with E-state index in [-0.39, 0.29) is 5.02 Å². The number of hydrogen-bond donors (Lipinski definition) is 2. The number of likely N-dealkylation sites (tertiary alicyclic amines) is 1. The minimum absolute atomic E-state index is 0.0799. The van der Waals surface area contributed by atoms with Gasteiger partial charge in [-0.3, -0.25) is 4.90 Å². The third kappa shape index (κ3) is 4.45. The summed E-state index contributed by atoms with van der Waals surface area (Å²) in [7, 11) is 0. The van der Waals surface area contributed by atoms with Crippen molar-refractivity contribution in [3.63, 3.8) is 0 Å². The molecular formula is C17H19ClFN3S2. The van der Waals surface area contributed by atoms with Crippen LogP contribution in [0.5, 0.6) is 0 Å². The molecule has 0 radical (unpaired) electrons. The Balaban J connectivity index is 1.59. The van der Waals surface area contributed by atoms with Crippen molar-refractivity contribution in [3.05, 3.63) is 51.4 Å². The molecule has 3 nitrogen and oxygen atoms in total. The van der Waals surface area contributed by atoms with Crippen molar-refractivity contribution in [2.45, 2.75) is 18.9 Å². The van der Waals surface area contributed by atoms with Gasteiger partial charge in [-0.15, -0.1) is 11.3 Å². The molecule has 0 spiro atoms. The first kappa shape index (κ1) is 17.6. The van der Waals surface area contributed by atoms with Crippen LogP contribution in [0.2, 0.25) is 5.02 Å². The fourth-order valence-electron chi connectivity index (χ4n) is 2.88. The maximum absolute atomic E-state index is 13.2. The molecule has 1 atom stereocenters. The SMILES string of the molecule is Fc1ccc(NC(=S)NC[C@H](c2cccs2)N2CCCC2)cc1Cl. The van der Waals surface area contributed by atoms with Crippen molar-refractivity contribution < 1.29 is 4.39 Å². The van der Waals surface area contributed by atoms with Crippen LogP contribution in [0.1, 0.15) is 23.8 Å². The number of halogens is 2. The van der Waals surface area contributed by atoms with Crippen LogP contribution in [0, 0.1) is 5.82 Å². The number of benzene rings is 1. The average Bonchev–Trinajstić information content (AvgIpc) is 3.25. The molecular weight excluding hydrogens is 365 g/mol. The molecule has 2 N–H and O–H groups in total. The van der Waals surface area contributed by atoms with Gasteiger partial charge in [-0.25, -0.2) is 4.39 Å². The van der Waals surface area contributed by atoms with Crippen molar-refractivity contribution in [1.82, 2.24) is 10.2 Å². The van der Waals surface area contributed by atoms with Gasteiger partial charge in [0.2, 0.25) is 0 Å². The molecule has 24 heavy (non-hydrogen) atoms. The van der Waals surface area contributed by atoms with E-state index in [0.717, 1.165) is 19.6 Å². The van der Waals surface area contributed by atoms with Crippen LogP contribution >= 0.6 is 35.2 Å². The van der Waals surface area contributed by atoms with Gasteiger partial charge < -0.3 is 10.6 Å². The van der Waals surface area contributed by atoms with Crippen LogP contribution in [-0.4, -0.2) is 29.6 Å². The third-order valence-corrected chi connectivity index (χ3v) is 5.60. The first-order chi connectivity index (χ1) is 11.6. The van der Waals surface area contributed by atoms with Crippen molar-refractivity contribution >= 4 is 46.0 Å². The zero-order valence-corrected chi connectivity index (χ0v) is 15.5. The van der Waals surface area contributed by atoms with E-state index in [1.54, 1.807) is 17.4 Å². The quantitative estimate of drug-likeness (QED) is 0.734. The number of nitrogens with zero attached hydrogens (tertiary/aromatic N) is 1. The molecule has 2 heterocycles. The monoisotopic (exact) mass is 383 g/mol. The molecule has 1 aliphatic rings. The highest BCUT2D eigenvalue weighted by Crippen LogP contribution is 2.28. The molecule has 2 aromatic rings. The van der Waals surface area contributed by atoms with Crippen molar-refractivity contribution in [2.75, 3.05) is 25.0 Å². The summed E-state index contributed by atoms with van der Waals surface area (Å²) < 4.78 is 13.2. The fraction of sp³-hybridized carbons (Fsp3) is 0.353. The van der Waals surface area contributed by atoms with Gasteiger partial charge in [-0.1, -0.05) is 17.7 Å². The van der Waals surface area contributed by atoms with Gasteiger partial charge in [0.15, 0.2) is 5.11 Å². The highest BCUT2D eigenvalue weighted by molar-refractivity contribution is 7.80. The van der Waals surface area contributed by atoms with Crippen molar-refractivity contribution in [2.24, 2.45) is 0 Å². The van der Waals surface area contributed by atoms with Gasteiger partial charge >= 0.3 is 0 Å². The number of nitrogens with one attached hydrogen (secondary N) is 2. The second kappa shape index (κ2) is 8.25. The molecule has 1 aromatic heterocycles. The lowest BCUT2D eigenvalue weighted by molar-refractivity contribution is 0.249. The Morgan fingerprint density at radius 1 is 1.33 bits per heavy atom. The topological polar surface area (TPSA) is 27.3 Å². The molecule has 0 bridgehead atoms. The predicted molar refractivity (Wildman–Crippen MR) is 104 cm³/mol. The van der Waals surface area contributed by atoms with Crippen molar-refractivity contribution in [3.8, 4) is 0 Å². The molecule has 1 aliphatic heterocycles. The zero-order chi connectivity index (χ0) is 16.9. The predicted octanol–water partition coefficient (Wildman–Crippen LogP) is 4.66. The van der Waals surface area contributed by atoms with E-state index in [4.69, 9.17) is 23.8 Å². The second-order valence-corrected chi connectivity index (χ2v) is 7.53. The van der Waals surface area contributed by atoms with Gasteiger partial charge in [-0.05, 0) is 67.8 Å². The summed E-state index contributed by atoms with van der Waals surface area (Å²) in [5.41, 5.74) is 0.674. The van der Waals surface area contributed by atoms with Gasteiger partial charge in [0.25, 0.3) is 0 Å². The lowest BCUT2D eigenvalue weighted by Gasteiger charge is -2.27. The summed E-state index contributed by atoms with van der Waals surface area (Å²) in [5.74, 6) is -0.437. The lowest BCUT2D eigenvalue weighted by atomic mass is 10.2. The van der Waals surface area contributed by atoms with E-state index in [1.807, 2.05) is 0 Å². The summed E-state index contributed by atoms with van der Waals surface area (Å²) >= 11 is 12.9. The highest BCUT2D eigenvalue weighted by Gasteiger charge is 2.24. The summed E-state index contributed by atoms with van der Waals surface area (Å²) in [5, 5.41) is 9.03. The minimum Gasteiger partial charge on any atom is -0.360 e. The third-order valence-electron chi connectivity index (χ3n) is 4.09. The molecule has 0 unspecified atom stereocenters. The first-order valence-corrected chi connectivity index (χ1v) is 9.57. The minimum atomic E-state index is -0.437. The number of hydrogen-bond acceptors (Lipinski definition) is 3. The summed E-state index contributed by atoms with van der Waals surface area (Å²) in [4.78, 5) is 3.84. The van der Waals surface area contributed by atoms with Gasteiger partial charge in [0.1, 0.15) is 5.82 Å². The smallest absolute Gasteiger partial charge is 0.170 e. The van der Waals surface area contributed by atoms with E-state index in [0.29, 0.717) is 16.8 Å². The van der Waals surface area contributed by atoms with E-state index < -0.39 is 5.82 Å². The van der Waals surface area contributed by atoms with Crippen LogP contribution < -0.4 is 10.6 Å². The van der Waals surface area contributed by atoms with Crippen LogP contribution in [0.4, 0.5) is 10.1 Å². The standard InChI is InChI=1S/C17H19ClFN3S2/c18-13-10-12(5-6-14(13)19)21-17(23)20-11-15(16-4-3-9-24-16)22-7-1-2-8-22/h3-6,9-10,15H,1-2,7-8,11H2,(H2,20,21,23)/t15-/m1/s1. The van der Waals surface area contributed by atoms with Gasteiger partial charge in [0.05, 0.1) is 11.1 Å². The first-order valence-electron chi connectivity index (χ1n) is 7.91. The summed E-state index contributed by atoms with van der Waals surface area (Å²) in [6.07, 6.45) is 2.50. The molecule has 3 rings (SSSR count). The number of anilines is 1. The van der Waals surface area contributed by atoms with E-state index in [2.05, 4.69) is 33.0 Å². The molecule has 0 saturated carbocycles. The van der Waals surface area contributed by atoms with Crippen LogP contribution in [0.25, 0.3) is 0 Å². The Labute approximate surface area is 155 Å². The Bertz CT molecular complexity index is 687. The maximum atomic E-state index is 13.2. The maximum Gasteiger partial charge on any atom is 0.170 e. The second-order valence-electron chi connectivity index (χ2n) is 5.74. The Morgan fingerprint density at radius 3 is 2.79 bits per heavy atom. The molecule has 0 amide bonds. The Kier molecular flexibility index (Phi) is 6.05. The molecule has 1 saturated heterocycles. The van der Waals surface area contributed by atoms with Gasteiger partial charge in [-0.2, -0.15) is 0 Å². The van der Waals surface area contributed by atoms with E-state index in [1.165, 1.54) is 29.9 Å². The van der Waals surface area contributed by atoms with Crippen molar-refractivity contribution in [1.29, 1.82) is 0 Å². The molecule has 1 fully saturated rings. The van der Waals surface area contributed by atoms with Crippen LogP contribution in [0.3, 0.4) is 0 Å². The number of thiocarbonyl (C=S) groups is 1. The summed E-state index contributed by atoms with van der Waals surface area (Å²) in [6, 6.07) is 9.05. The highest BCUT2D eigenvalue weighted by atomic mass is 35.5. The number of thiophene rings is 1. The number of rotatable bonds is 5. The summed E-state index contributed by atoms with van der Waals surface area (Å²) in [6.45, 7) is 2.98. The Hall–Kier alpha value is -1.21. The molecule has 7 heteroatoms. The molecule has 0 aliphatic carbocycles. The van der Waals surface area contributed by atoms with E-state index >= 15 is 0 Å². The van der Waals surface area contributed by atoms with E-state index in [9.17, 15) is 4.39 Å². The van der Waals surface area contributed by atoms with Crippen LogP contribution in [-0.2, 0) is 0 Å². The molecule has 128 valence electrons. The molecule has 1 aromatic carbocycles. The average molecular weight is 384 g/mol. The van der Waals surface area contributed by atoms with Crippen LogP contribution in [0.15, 0.2) is 35.7 Å². The fourth-order valence-corrected chi connectivity index (χ4v) is 4.12. The zero-order valence-electron chi connectivity index (χ0n) is 13.1. The lowest BCUT2D eigenvalue weighted by Crippen LogP contribution is -2.38. The van der Waals surface area contributed by atoms with Gasteiger partial charge in [0, 0.05) is 17.1 Å². The Morgan fingerprint density at radius 2 is 2.12 bits per heavy atom. The largest absolute Gasteiger partial charge is 0.360 e.